The molecule has 0 atom stereocenters. The van der Waals surface area contributed by atoms with Crippen LogP contribution in [0.1, 0.15) is 69.1 Å². The third-order valence-electron chi connectivity index (χ3n) is 10.6. The smallest absolute Gasteiger partial charge is 0.0508 e. The van der Waals surface area contributed by atoms with E-state index in [1.807, 2.05) is 0 Å². The first-order valence-corrected chi connectivity index (χ1v) is 15.6. The van der Waals surface area contributed by atoms with Crippen molar-refractivity contribution in [2.24, 2.45) is 17.8 Å². The molecule has 0 spiro atoms. The highest BCUT2D eigenvalue weighted by Gasteiger charge is 2.51. The van der Waals surface area contributed by atoms with E-state index in [0.717, 1.165) is 17.8 Å². The standard InChI is InChI=1S/C37H36BrN/c1-36(2)33-13-7-6-11-31(33)32-12-8-14-34(35(32)36)39(29-9-4-3-5-10-29)30-19-27(18-28(38)20-30)37-21-24-15-25(22-37)17-26(16-24)23-37/h3-14,18-20,24-26H,15-17,21-23H2,1-2H3. The van der Waals surface area contributed by atoms with Gasteiger partial charge in [-0.05, 0) is 126 Å². The van der Waals surface area contributed by atoms with Gasteiger partial charge in [0.05, 0.1) is 5.69 Å². The molecular weight excluding hydrogens is 538 g/mol. The summed E-state index contributed by atoms with van der Waals surface area (Å²) in [4.78, 5) is 2.53. The molecule has 5 aliphatic rings. The second-order valence-corrected chi connectivity index (χ2v) is 14.4. The van der Waals surface area contributed by atoms with E-state index in [1.165, 1.54) is 82.3 Å². The lowest BCUT2D eigenvalue weighted by atomic mass is 9.48. The Bertz CT molecular complexity index is 1550. The number of benzene rings is 4. The van der Waals surface area contributed by atoms with E-state index in [1.54, 1.807) is 5.56 Å². The van der Waals surface area contributed by atoms with E-state index in [9.17, 15) is 0 Å². The molecule has 196 valence electrons. The zero-order chi connectivity index (χ0) is 26.4. The monoisotopic (exact) mass is 573 g/mol. The molecule has 0 aromatic heterocycles. The van der Waals surface area contributed by atoms with Gasteiger partial charge in [-0.1, -0.05) is 84.4 Å². The first kappa shape index (κ1) is 24.0. The number of hydrogen-bond donors (Lipinski definition) is 0. The quantitative estimate of drug-likeness (QED) is 0.234. The van der Waals surface area contributed by atoms with Crippen molar-refractivity contribution < 1.29 is 0 Å². The van der Waals surface area contributed by atoms with Crippen LogP contribution < -0.4 is 4.90 Å². The van der Waals surface area contributed by atoms with E-state index in [0.29, 0.717) is 5.41 Å². The molecule has 39 heavy (non-hydrogen) atoms. The van der Waals surface area contributed by atoms with Crippen LogP contribution in [0.25, 0.3) is 11.1 Å². The van der Waals surface area contributed by atoms with Crippen molar-refractivity contribution in [2.75, 3.05) is 4.90 Å². The predicted octanol–water partition coefficient (Wildman–Crippen LogP) is 10.7. The average molecular weight is 575 g/mol. The van der Waals surface area contributed by atoms with Crippen LogP contribution in [-0.2, 0) is 10.8 Å². The number of rotatable bonds is 4. The molecular formula is C37H36BrN. The van der Waals surface area contributed by atoms with Gasteiger partial charge in [0.25, 0.3) is 0 Å². The second kappa shape index (κ2) is 8.58. The average Bonchev–Trinajstić information content (AvgIpc) is 3.16. The minimum Gasteiger partial charge on any atom is -0.310 e. The van der Waals surface area contributed by atoms with Gasteiger partial charge in [0.1, 0.15) is 0 Å². The number of anilines is 3. The molecule has 0 radical (unpaired) electrons. The highest BCUT2D eigenvalue weighted by molar-refractivity contribution is 9.10. The van der Waals surface area contributed by atoms with Crippen LogP contribution in [0.3, 0.4) is 0 Å². The summed E-state index contributed by atoms with van der Waals surface area (Å²) in [5, 5.41) is 0. The zero-order valence-electron chi connectivity index (χ0n) is 23.0. The van der Waals surface area contributed by atoms with Gasteiger partial charge in [0, 0.05) is 21.3 Å². The first-order chi connectivity index (χ1) is 18.9. The van der Waals surface area contributed by atoms with E-state index in [4.69, 9.17) is 0 Å². The lowest BCUT2D eigenvalue weighted by Crippen LogP contribution is -2.48. The molecule has 0 heterocycles. The van der Waals surface area contributed by atoms with Crippen LogP contribution in [0, 0.1) is 17.8 Å². The molecule has 0 N–H and O–H groups in total. The predicted molar refractivity (Wildman–Crippen MR) is 166 cm³/mol. The summed E-state index contributed by atoms with van der Waals surface area (Å²) in [6.07, 6.45) is 8.56. The molecule has 4 aromatic carbocycles. The minimum atomic E-state index is -0.0790. The van der Waals surface area contributed by atoms with Crippen LogP contribution in [0.2, 0.25) is 0 Å². The summed E-state index contributed by atoms with van der Waals surface area (Å²) in [5.41, 5.74) is 11.2. The summed E-state index contributed by atoms with van der Waals surface area (Å²) >= 11 is 3.99. The molecule has 4 aromatic rings. The molecule has 4 fully saturated rings. The van der Waals surface area contributed by atoms with E-state index in [2.05, 4.69) is 126 Å². The fourth-order valence-corrected chi connectivity index (χ4v) is 9.96. The van der Waals surface area contributed by atoms with Gasteiger partial charge in [0.2, 0.25) is 0 Å². The van der Waals surface area contributed by atoms with Gasteiger partial charge in [-0.2, -0.15) is 0 Å². The molecule has 0 amide bonds. The summed E-state index contributed by atoms with van der Waals surface area (Å²) in [6.45, 7) is 4.79. The number of halogens is 1. The maximum absolute atomic E-state index is 3.99. The number of nitrogens with zero attached hydrogens (tertiary/aromatic N) is 1. The summed E-state index contributed by atoms with van der Waals surface area (Å²) in [6, 6.07) is 34.2. The van der Waals surface area contributed by atoms with Crippen molar-refractivity contribution in [1.82, 2.24) is 0 Å². The highest BCUT2D eigenvalue weighted by atomic mass is 79.9. The summed E-state index contributed by atoms with van der Waals surface area (Å²) < 4.78 is 1.20. The fourth-order valence-electron chi connectivity index (χ4n) is 9.48. The molecule has 0 saturated heterocycles. The Hall–Kier alpha value is -2.84. The lowest BCUT2D eigenvalue weighted by molar-refractivity contribution is -0.00519. The third kappa shape index (κ3) is 3.63. The van der Waals surface area contributed by atoms with Gasteiger partial charge in [-0.15, -0.1) is 0 Å². The molecule has 0 aliphatic heterocycles. The Labute approximate surface area is 241 Å². The Morgan fingerprint density at radius 2 is 1.31 bits per heavy atom. The largest absolute Gasteiger partial charge is 0.310 e. The van der Waals surface area contributed by atoms with Gasteiger partial charge < -0.3 is 4.90 Å². The van der Waals surface area contributed by atoms with Crippen molar-refractivity contribution in [3.63, 3.8) is 0 Å². The Morgan fingerprint density at radius 1 is 0.667 bits per heavy atom. The topological polar surface area (TPSA) is 3.24 Å². The van der Waals surface area contributed by atoms with Crippen molar-refractivity contribution in [2.45, 2.75) is 63.2 Å². The second-order valence-electron chi connectivity index (χ2n) is 13.4. The SMILES string of the molecule is CC1(C)c2ccccc2-c2cccc(N(c3ccccc3)c3cc(Br)cc(C45CC6CC(CC(C6)C4)C5)c3)c21. The van der Waals surface area contributed by atoms with Crippen LogP contribution in [-0.4, -0.2) is 0 Å². The number of hydrogen-bond acceptors (Lipinski definition) is 1. The fraction of sp³-hybridized carbons (Fsp3) is 0.351. The van der Waals surface area contributed by atoms with Crippen LogP contribution in [0.4, 0.5) is 17.1 Å². The number of para-hydroxylation sites is 1. The van der Waals surface area contributed by atoms with Crippen molar-refractivity contribution in [3.05, 3.63) is 112 Å². The summed E-state index contributed by atoms with van der Waals surface area (Å²) in [5.74, 6) is 2.79. The maximum Gasteiger partial charge on any atom is 0.0508 e. The van der Waals surface area contributed by atoms with Gasteiger partial charge in [-0.25, -0.2) is 0 Å². The number of fused-ring (bicyclic) bond motifs is 3. The van der Waals surface area contributed by atoms with E-state index in [-0.39, 0.29) is 5.41 Å². The van der Waals surface area contributed by atoms with E-state index >= 15 is 0 Å². The molecule has 4 saturated carbocycles. The van der Waals surface area contributed by atoms with Crippen molar-refractivity contribution in [3.8, 4) is 11.1 Å². The summed E-state index contributed by atoms with van der Waals surface area (Å²) in [7, 11) is 0. The molecule has 9 rings (SSSR count). The Balaban J connectivity index is 1.33. The molecule has 0 unspecified atom stereocenters. The maximum atomic E-state index is 3.99. The van der Waals surface area contributed by atoms with Gasteiger partial charge in [0.15, 0.2) is 0 Å². The molecule has 2 heteroatoms. The van der Waals surface area contributed by atoms with Gasteiger partial charge >= 0.3 is 0 Å². The van der Waals surface area contributed by atoms with Crippen LogP contribution >= 0.6 is 15.9 Å². The van der Waals surface area contributed by atoms with Crippen LogP contribution in [0.5, 0.6) is 0 Å². The molecule has 4 bridgehead atoms. The third-order valence-corrected chi connectivity index (χ3v) is 11.1. The van der Waals surface area contributed by atoms with Crippen molar-refractivity contribution in [1.29, 1.82) is 0 Å². The van der Waals surface area contributed by atoms with Crippen molar-refractivity contribution >= 4 is 33.0 Å². The van der Waals surface area contributed by atoms with Crippen LogP contribution in [0.15, 0.2) is 95.5 Å². The minimum absolute atomic E-state index is 0.0790. The normalized spacial score (nSPS) is 27.3. The zero-order valence-corrected chi connectivity index (χ0v) is 24.5. The van der Waals surface area contributed by atoms with E-state index < -0.39 is 0 Å². The molecule has 1 nitrogen and oxygen atoms in total. The Morgan fingerprint density at radius 3 is 2.03 bits per heavy atom. The first-order valence-electron chi connectivity index (χ1n) is 14.8. The molecule has 5 aliphatic carbocycles. The highest BCUT2D eigenvalue weighted by Crippen LogP contribution is 2.61. The Kier molecular flexibility index (Phi) is 5.28. The lowest BCUT2D eigenvalue weighted by Gasteiger charge is -2.57. The van der Waals surface area contributed by atoms with Gasteiger partial charge in [-0.3, -0.25) is 0 Å².